The van der Waals surface area contributed by atoms with Crippen LogP contribution in [0.1, 0.15) is 16.2 Å². The van der Waals surface area contributed by atoms with Crippen LogP contribution in [0.4, 0.5) is 0 Å². The van der Waals surface area contributed by atoms with Gasteiger partial charge in [0.15, 0.2) is 5.69 Å². The van der Waals surface area contributed by atoms with Crippen LogP contribution >= 0.6 is 0 Å². The summed E-state index contributed by atoms with van der Waals surface area (Å²) < 4.78 is 0. The zero-order valence-corrected chi connectivity index (χ0v) is 9.78. The molecule has 1 atom stereocenters. The Bertz CT molecular complexity index is 656. The lowest BCUT2D eigenvalue weighted by molar-refractivity contribution is -0.138. The minimum Gasteiger partial charge on any atom is -0.480 e. The highest BCUT2D eigenvalue weighted by molar-refractivity contribution is 5.90. The van der Waals surface area contributed by atoms with Gasteiger partial charge in [-0.3, -0.25) is 4.79 Å². The van der Waals surface area contributed by atoms with Crippen molar-refractivity contribution in [2.75, 3.05) is 0 Å². The van der Waals surface area contributed by atoms with Crippen LogP contribution in [0, 0.1) is 0 Å². The molecule has 7 nitrogen and oxygen atoms in total. The second-order valence-electron chi connectivity index (χ2n) is 3.96. The number of aliphatic carboxylic acids is 1. The molecule has 0 amide bonds. The molecule has 0 aliphatic rings. The first-order valence-corrected chi connectivity index (χ1v) is 5.46. The van der Waals surface area contributed by atoms with Gasteiger partial charge < -0.3 is 15.9 Å². The molecule has 1 aromatic heterocycles. The molecule has 4 N–H and O–H groups in total. The van der Waals surface area contributed by atoms with Crippen LogP contribution < -0.4 is 5.73 Å². The number of rotatable bonds is 4. The van der Waals surface area contributed by atoms with E-state index in [0.29, 0.717) is 11.0 Å². The molecule has 98 valence electrons. The topological polar surface area (TPSA) is 126 Å². The number of hydrogen-bond donors (Lipinski definition) is 3. The average Bonchev–Trinajstić information content (AvgIpc) is 2.37. The summed E-state index contributed by atoms with van der Waals surface area (Å²) in [4.78, 5) is 30.0. The van der Waals surface area contributed by atoms with Crippen molar-refractivity contribution in [1.29, 1.82) is 0 Å². The third-order valence-corrected chi connectivity index (χ3v) is 2.58. The lowest BCUT2D eigenvalue weighted by Crippen LogP contribution is -2.33. The molecule has 1 aromatic carbocycles. The average molecular weight is 261 g/mol. The van der Waals surface area contributed by atoms with Gasteiger partial charge in [0.1, 0.15) is 6.04 Å². The summed E-state index contributed by atoms with van der Waals surface area (Å²) in [6, 6.07) is 5.54. The van der Waals surface area contributed by atoms with Crippen molar-refractivity contribution in [3.05, 3.63) is 35.7 Å². The Morgan fingerprint density at radius 3 is 2.26 bits per heavy atom. The van der Waals surface area contributed by atoms with Crippen LogP contribution in [0.25, 0.3) is 11.0 Å². The van der Waals surface area contributed by atoms with E-state index in [-0.39, 0.29) is 17.8 Å². The van der Waals surface area contributed by atoms with Crippen molar-refractivity contribution in [3.63, 3.8) is 0 Å². The van der Waals surface area contributed by atoms with Crippen molar-refractivity contribution < 1.29 is 19.8 Å². The molecule has 0 unspecified atom stereocenters. The Hall–Kier alpha value is -2.54. The standard InChI is InChI=1S/C12H11N3O4/c13-6(11(16)17)5-9-10(12(18)19)15-8-4-2-1-3-7(8)14-9/h1-4,6H,5,13H2,(H,16,17)(H,18,19)/t6-/m0/s1. The molecule has 0 aliphatic heterocycles. The number of aromatic carboxylic acids is 1. The van der Waals surface area contributed by atoms with Crippen LogP contribution in [-0.4, -0.2) is 38.2 Å². The summed E-state index contributed by atoms with van der Waals surface area (Å²) in [7, 11) is 0. The summed E-state index contributed by atoms with van der Waals surface area (Å²) >= 11 is 0. The fourth-order valence-corrected chi connectivity index (χ4v) is 1.65. The highest BCUT2D eigenvalue weighted by Crippen LogP contribution is 2.14. The number of para-hydroxylation sites is 2. The summed E-state index contributed by atoms with van der Waals surface area (Å²) in [5, 5.41) is 17.9. The SMILES string of the molecule is N[C@@H](Cc1nc2ccccc2nc1C(=O)O)C(=O)O. The summed E-state index contributed by atoms with van der Waals surface area (Å²) in [5.41, 5.74) is 6.14. The minimum atomic E-state index is -1.26. The molecule has 2 rings (SSSR count). The third kappa shape index (κ3) is 2.66. The lowest BCUT2D eigenvalue weighted by Gasteiger charge is -2.09. The lowest BCUT2D eigenvalue weighted by atomic mass is 10.1. The highest BCUT2D eigenvalue weighted by Gasteiger charge is 2.20. The molecule has 0 fully saturated rings. The van der Waals surface area contributed by atoms with Gasteiger partial charge in [0.2, 0.25) is 0 Å². The van der Waals surface area contributed by atoms with E-state index in [4.69, 9.17) is 15.9 Å². The summed E-state index contributed by atoms with van der Waals surface area (Å²) in [6.45, 7) is 0. The van der Waals surface area contributed by atoms with E-state index in [1.165, 1.54) is 0 Å². The Morgan fingerprint density at radius 1 is 1.16 bits per heavy atom. The van der Waals surface area contributed by atoms with Crippen LogP contribution in [0.15, 0.2) is 24.3 Å². The number of carbonyl (C=O) groups is 2. The van der Waals surface area contributed by atoms with Crippen LogP contribution in [-0.2, 0) is 11.2 Å². The molecule has 0 aliphatic carbocycles. The second kappa shape index (κ2) is 4.99. The molecular formula is C12H11N3O4. The Kier molecular flexibility index (Phi) is 3.39. The number of hydrogen-bond acceptors (Lipinski definition) is 5. The van der Waals surface area contributed by atoms with Crippen LogP contribution in [0.5, 0.6) is 0 Å². The largest absolute Gasteiger partial charge is 0.480 e. The van der Waals surface area contributed by atoms with Gasteiger partial charge in [0.25, 0.3) is 0 Å². The molecule has 1 heterocycles. The van der Waals surface area contributed by atoms with Gasteiger partial charge in [-0.2, -0.15) is 0 Å². The van der Waals surface area contributed by atoms with E-state index in [9.17, 15) is 9.59 Å². The summed E-state index contributed by atoms with van der Waals surface area (Å²) in [6.07, 6.45) is -0.186. The second-order valence-corrected chi connectivity index (χ2v) is 3.96. The van der Waals surface area contributed by atoms with E-state index >= 15 is 0 Å². The minimum absolute atomic E-state index is 0.0705. The summed E-state index contributed by atoms with van der Waals surface area (Å²) in [5.74, 6) is -2.47. The molecule has 0 spiro atoms. The zero-order valence-electron chi connectivity index (χ0n) is 9.78. The van der Waals surface area contributed by atoms with Crippen molar-refractivity contribution in [3.8, 4) is 0 Å². The predicted molar refractivity (Wildman–Crippen MR) is 65.8 cm³/mol. The maximum Gasteiger partial charge on any atom is 0.356 e. The van der Waals surface area contributed by atoms with Gasteiger partial charge in [-0.15, -0.1) is 0 Å². The first kappa shape index (κ1) is 12.9. The van der Waals surface area contributed by atoms with E-state index in [1.54, 1.807) is 24.3 Å². The molecule has 19 heavy (non-hydrogen) atoms. The Balaban J connectivity index is 2.53. The molecule has 0 radical (unpaired) electrons. The fourth-order valence-electron chi connectivity index (χ4n) is 1.65. The smallest absolute Gasteiger partial charge is 0.356 e. The molecular weight excluding hydrogens is 250 g/mol. The van der Waals surface area contributed by atoms with Gasteiger partial charge in [-0.05, 0) is 12.1 Å². The van der Waals surface area contributed by atoms with Gasteiger partial charge >= 0.3 is 11.9 Å². The van der Waals surface area contributed by atoms with Gasteiger partial charge in [0.05, 0.1) is 16.7 Å². The molecule has 7 heteroatoms. The van der Waals surface area contributed by atoms with Gasteiger partial charge in [0, 0.05) is 6.42 Å². The third-order valence-electron chi connectivity index (χ3n) is 2.58. The van der Waals surface area contributed by atoms with Gasteiger partial charge in [-0.25, -0.2) is 14.8 Å². The first-order chi connectivity index (χ1) is 8.99. The van der Waals surface area contributed by atoms with Crippen molar-refractivity contribution in [2.24, 2.45) is 5.73 Å². The number of nitrogens with zero attached hydrogens (tertiary/aromatic N) is 2. The van der Waals surface area contributed by atoms with E-state index in [1.807, 2.05) is 0 Å². The normalized spacial score (nSPS) is 12.3. The molecule has 0 saturated carbocycles. The maximum atomic E-state index is 11.1. The number of aromatic nitrogens is 2. The predicted octanol–water partition coefficient (Wildman–Crippen LogP) is 0.282. The molecule has 0 bridgehead atoms. The number of nitrogens with two attached hydrogens (primary N) is 1. The first-order valence-electron chi connectivity index (χ1n) is 5.46. The monoisotopic (exact) mass is 261 g/mol. The molecule has 0 saturated heterocycles. The number of carboxylic acid groups (broad SMARTS) is 2. The van der Waals surface area contributed by atoms with Crippen molar-refractivity contribution >= 4 is 23.0 Å². The molecule has 2 aromatic rings. The van der Waals surface area contributed by atoms with Crippen molar-refractivity contribution in [1.82, 2.24) is 9.97 Å². The number of benzene rings is 1. The Morgan fingerprint density at radius 2 is 1.74 bits per heavy atom. The maximum absolute atomic E-state index is 11.1. The van der Waals surface area contributed by atoms with Crippen LogP contribution in [0.3, 0.4) is 0 Å². The van der Waals surface area contributed by atoms with Crippen LogP contribution in [0.2, 0.25) is 0 Å². The van der Waals surface area contributed by atoms with E-state index in [2.05, 4.69) is 9.97 Å². The van der Waals surface area contributed by atoms with Crippen molar-refractivity contribution in [2.45, 2.75) is 12.5 Å². The number of carboxylic acids is 2. The zero-order chi connectivity index (χ0) is 14.0. The van der Waals surface area contributed by atoms with E-state index in [0.717, 1.165) is 0 Å². The Labute approximate surface area is 107 Å². The van der Waals surface area contributed by atoms with Gasteiger partial charge in [-0.1, -0.05) is 12.1 Å². The highest BCUT2D eigenvalue weighted by atomic mass is 16.4. The van der Waals surface area contributed by atoms with E-state index < -0.39 is 18.0 Å². The quantitative estimate of drug-likeness (QED) is 0.721. The fraction of sp³-hybridized carbons (Fsp3) is 0.167. The number of fused-ring (bicyclic) bond motifs is 1.